The number of allylic oxidation sites excluding steroid dienone is 1. The summed E-state index contributed by atoms with van der Waals surface area (Å²) in [6.45, 7) is 9.45. The molecule has 0 unspecified atom stereocenters. The molecule has 2 aromatic rings. The zero-order chi connectivity index (χ0) is 31.3. The highest BCUT2D eigenvalue weighted by Gasteiger charge is 2.27. The maximum atomic E-state index is 13.9. The van der Waals surface area contributed by atoms with Gasteiger partial charge in [0.25, 0.3) is 0 Å². The minimum absolute atomic E-state index is 0.0576. The molecule has 6 nitrogen and oxygen atoms in total. The minimum atomic E-state index is -0.451. The van der Waals surface area contributed by atoms with Gasteiger partial charge in [0.05, 0.1) is 21.1 Å². The number of nitrogens with zero attached hydrogens (tertiary/aromatic N) is 2. The Labute approximate surface area is 269 Å². The van der Waals surface area contributed by atoms with Crippen molar-refractivity contribution >= 4 is 39.0 Å². The van der Waals surface area contributed by atoms with Crippen molar-refractivity contribution in [2.24, 2.45) is 11.8 Å². The van der Waals surface area contributed by atoms with Crippen LogP contribution in [0.15, 0.2) is 30.4 Å². The van der Waals surface area contributed by atoms with Gasteiger partial charge in [-0.3, -0.25) is 19.3 Å². The number of Topliss-reactive ketones (excluding diaryl/α,β-unsaturated/α-hetero) is 1. The summed E-state index contributed by atoms with van der Waals surface area (Å²) >= 11 is 1.64. The van der Waals surface area contributed by atoms with Gasteiger partial charge in [0.2, 0.25) is 5.91 Å². The van der Waals surface area contributed by atoms with Gasteiger partial charge in [0, 0.05) is 38.3 Å². The summed E-state index contributed by atoms with van der Waals surface area (Å²) in [6.07, 6.45) is 17.7. The Morgan fingerprint density at radius 3 is 2.52 bits per heavy atom. The van der Waals surface area contributed by atoms with Crippen LogP contribution in [0.1, 0.15) is 127 Å². The normalized spacial score (nSPS) is 18.2. The number of amides is 1. The molecule has 1 saturated heterocycles. The predicted molar refractivity (Wildman–Crippen MR) is 182 cm³/mol. The van der Waals surface area contributed by atoms with E-state index in [-0.39, 0.29) is 29.9 Å². The van der Waals surface area contributed by atoms with Crippen molar-refractivity contribution in [1.29, 1.82) is 0 Å². The fourth-order valence-electron chi connectivity index (χ4n) is 6.83. The molecule has 4 rings (SSSR count). The van der Waals surface area contributed by atoms with E-state index in [2.05, 4.69) is 42.3 Å². The van der Waals surface area contributed by atoms with Gasteiger partial charge in [-0.15, -0.1) is 11.3 Å². The Balaban J connectivity index is 1.42. The van der Waals surface area contributed by atoms with Crippen molar-refractivity contribution in [2.75, 3.05) is 19.6 Å². The number of benzene rings is 1. The van der Waals surface area contributed by atoms with Crippen LogP contribution in [0.2, 0.25) is 0 Å². The van der Waals surface area contributed by atoms with E-state index in [0.717, 1.165) is 47.7 Å². The third-order valence-electron chi connectivity index (χ3n) is 9.46. The molecule has 2 fully saturated rings. The lowest BCUT2D eigenvalue weighted by atomic mass is 9.83. The molecule has 1 aromatic carbocycles. The highest BCUT2D eigenvalue weighted by molar-refractivity contribution is 7.18. The zero-order valence-electron chi connectivity index (χ0n) is 27.5. The van der Waals surface area contributed by atoms with Gasteiger partial charge in [-0.05, 0) is 80.8 Å². The number of carbonyl (C=O) groups is 3. The van der Waals surface area contributed by atoms with Crippen molar-refractivity contribution in [3.8, 4) is 0 Å². The first-order valence-electron chi connectivity index (χ1n) is 17.4. The van der Waals surface area contributed by atoms with Gasteiger partial charge in [0.1, 0.15) is 5.78 Å². The number of fused-ring (bicyclic) bond motifs is 1. The smallest absolute Gasteiger partial charge is 0.224 e. The molecule has 0 radical (unpaired) electrons. The molecule has 2 atom stereocenters. The van der Waals surface area contributed by atoms with Crippen molar-refractivity contribution in [2.45, 2.75) is 129 Å². The quantitative estimate of drug-likeness (QED) is 0.180. The number of likely N-dealkylation sites (tertiary alicyclic amines) is 1. The maximum Gasteiger partial charge on any atom is 0.224 e. The molecule has 1 N–H and O–H groups in total. The SMILES string of the molecule is CCCC(=O)C[C@@H](Cc1nc2ccc(C(C)C)cc2s1)C(=O)N[C@H](CCC(=O)/C=C/CN1CCCCC1)CC1CCCCC1. The number of rotatable bonds is 17. The fourth-order valence-corrected chi connectivity index (χ4v) is 7.92. The topological polar surface area (TPSA) is 79.4 Å². The first-order chi connectivity index (χ1) is 21.3. The summed E-state index contributed by atoms with van der Waals surface area (Å²) in [6, 6.07) is 6.35. The predicted octanol–water partition coefficient (Wildman–Crippen LogP) is 8.18. The monoisotopic (exact) mass is 621 g/mol. The molecule has 0 spiro atoms. The summed E-state index contributed by atoms with van der Waals surface area (Å²) in [5.74, 6) is 0.772. The van der Waals surface area contributed by atoms with E-state index in [1.165, 1.54) is 56.9 Å². The van der Waals surface area contributed by atoms with Crippen molar-refractivity contribution in [3.05, 3.63) is 40.9 Å². The molecule has 1 aliphatic heterocycles. The van der Waals surface area contributed by atoms with E-state index in [0.29, 0.717) is 37.5 Å². The van der Waals surface area contributed by atoms with Crippen LogP contribution in [0.4, 0.5) is 0 Å². The highest BCUT2D eigenvalue weighted by Crippen LogP contribution is 2.30. The number of piperidine rings is 1. The maximum absolute atomic E-state index is 13.9. The van der Waals surface area contributed by atoms with E-state index in [1.807, 2.05) is 13.0 Å². The Hall–Kier alpha value is -2.38. The summed E-state index contributed by atoms with van der Waals surface area (Å²) in [4.78, 5) is 46.8. The van der Waals surface area contributed by atoms with E-state index < -0.39 is 5.92 Å². The molecule has 1 aliphatic carbocycles. The third kappa shape index (κ3) is 11.2. The lowest BCUT2D eigenvalue weighted by Gasteiger charge is -2.28. The van der Waals surface area contributed by atoms with Crippen molar-refractivity contribution in [3.63, 3.8) is 0 Å². The zero-order valence-corrected chi connectivity index (χ0v) is 28.3. The molecular formula is C37H55N3O3S. The van der Waals surface area contributed by atoms with Crippen LogP contribution in [0.5, 0.6) is 0 Å². The van der Waals surface area contributed by atoms with Gasteiger partial charge in [-0.2, -0.15) is 0 Å². The van der Waals surface area contributed by atoms with Gasteiger partial charge in [0.15, 0.2) is 5.78 Å². The molecule has 7 heteroatoms. The molecular weight excluding hydrogens is 566 g/mol. The molecule has 1 amide bonds. The van der Waals surface area contributed by atoms with E-state index in [1.54, 1.807) is 17.4 Å². The average molecular weight is 622 g/mol. The van der Waals surface area contributed by atoms with Crippen LogP contribution >= 0.6 is 11.3 Å². The van der Waals surface area contributed by atoms with Gasteiger partial charge >= 0.3 is 0 Å². The first-order valence-corrected chi connectivity index (χ1v) is 18.3. The van der Waals surface area contributed by atoms with E-state index in [4.69, 9.17) is 4.98 Å². The number of aromatic nitrogens is 1. The number of nitrogens with one attached hydrogen (secondary N) is 1. The molecule has 2 aliphatic rings. The van der Waals surface area contributed by atoms with E-state index >= 15 is 0 Å². The second-order valence-electron chi connectivity index (χ2n) is 13.6. The Bertz CT molecular complexity index is 1240. The van der Waals surface area contributed by atoms with Crippen LogP contribution < -0.4 is 5.32 Å². The molecule has 0 bridgehead atoms. The number of hydrogen-bond donors (Lipinski definition) is 1. The summed E-state index contributed by atoms with van der Waals surface area (Å²) < 4.78 is 1.13. The molecule has 1 aromatic heterocycles. The number of thiazole rings is 1. The summed E-state index contributed by atoms with van der Waals surface area (Å²) in [5.41, 5.74) is 2.23. The second kappa shape index (κ2) is 17.9. The van der Waals surface area contributed by atoms with Gasteiger partial charge in [-0.25, -0.2) is 4.98 Å². The van der Waals surface area contributed by atoms with Gasteiger partial charge < -0.3 is 5.32 Å². The first kappa shape index (κ1) is 34.5. The van der Waals surface area contributed by atoms with Crippen LogP contribution in [-0.4, -0.2) is 53.0 Å². The Morgan fingerprint density at radius 1 is 1.05 bits per heavy atom. The van der Waals surface area contributed by atoms with Crippen LogP contribution in [-0.2, 0) is 20.8 Å². The molecule has 1 saturated carbocycles. The summed E-state index contributed by atoms with van der Waals surface area (Å²) in [7, 11) is 0. The largest absolute Gasteiger partial charge is 0.353 e. The van der Waals surface area contributed by atoms with Crippen LogP contribution in [0.3, 0.4) is 0 Å². The number of hydrogen-bond acceptors (Lipinski definition) is 6. The van der Waals surface area contributed by atoms with Crippen LogP contribution in [0, 0.1) is 11.8 Å². The van der Waals surface area contributed by atoms with Crippen LogP contribution in [0.25, 0.3) is 10.2 Å². The van der Waals surface area contributed by atoms with Gasteiger partial charge in [-0.1, -0.05) is 71.4 Å². The minimum Gasteiger partial charge on any atom is -0.353 e. The molecule has 2 heterocycles. The number of carbonyl (C=O) groups excluding carboxylic acids is 3. The second-order valence-corrected chi connectivity index (χ2v) is 14.7. The Kier molecular flexibility index (Phi) is 14.1. The fraction of sp³-hybridized carbons (Fsp3) is 0.676. The molecule has 44 heavy (non-hydrogen) atoms. The standard InChI is InChI=1S/C37H55N3O3S/c1-4-12-33(42)24-30(26-36-39-34-19-16-29(27(2)3)25-35(34)44-36)37(43)38-31(23-28-13-7-5-8-14-28)17-18-32(41)15-11-22-40-20-9-6-10-21-40/h11,15-16,19,25,27-28,30-31H,4-10,12-14,17-18,20-24,26H2,1-3H3,(H,38,43)/b15-11+/t30-,31+/m0/s1. The van der Waals surface area contributed by atoms with Crippen molar-refractivity contribution in [1.82, 2.24) is 15.2 Å². The van der Waals surface area contributed by atoms with E-state index in [9.17, 15) is 14.4 Å². The lowest BCUT2D eigenvalue weighted by Crippen LogP contribution is -2.41. The Morgan fingerprint density at radius 2 is 1.80 bits per heavy atom. The van der Waals surface area contributed by atoms with Crippen molar-refractivity contribution < 1.29 is 14.4 Å². The molecule has 242 valence electrons. The average Bonchev–Trinajstić information content (AvgIpc) is 3.42. The summed E-state index contributed by atoms with van der Waals surface area (Å²) in [5, 5.41) is 4.26. The highest BCUT2D eigenvalue weighted by atomic mass is 32.1. The number of ketones is 2. The third-order valence-corrected chi connectivity index (χ3v) is 10.5. The lowest BCUT2D eigenvalue weighted by molar-refractivity contribution is -0.130.